The molecule has 1 aromatic carbocycles. The highest BCUT2D eigenvalue weighted by Gasteiger charge is 2.19. The van der Waals surface area contributed by atoms with Crippen LogP contribution in [-0.4, -0.2) is 24.9 Å². The summed E-state index contributed by atoms with van der Waals surface area (Å²) in [4.78, 5) is 12.5. The van der Waals surface area contributed by atoms with Gasteiger partial charge in [0.2, 0.25) is 0 Å². The Morgan fingerprint density at radius 3 is 1.81 bits per heavy atom. The summed E-state index contributed by atoms with van der Waals surface area (Å²) in [5.74, 6) is -2.30. The molecule has 0 saturated carbocycles. The molecule has 0 saturated heterocycles. The van der Waals surface area contributed by atoms with Crippen molar-refractivity contribution in [3.63, 3.8) is 0 Å². The van der Waals surface area contributed by atoms with Gasteiger partial charge >= 0.3 is 0 Å². The molecule has 0 bridgehead atoms. The average molecular weight is 229 g/mol. The summed E-state index contributed by atoms with van der Waals surface area (Å²) in [6, 6.07) is 2.28. The SMILES string of the molecule is CC.Cc1cc(F)c(C(=O)N(C)C)c(F)c1. The minimum absolute atomic E-state index is 0.454. The summed E-state index contributed by atoms with van der Waals surface area (Å²) in [7, 11) is 2.89. The standard InChI is InChI=1S/C10H11F2NO.C2H6/c1-6-4-7(11)9(8(12)5-6)10(14)13(2)3;1-2/h4-5H,1-3H3;1-2H3. The van der Waals surface area contributed by atoms with Crippen molar-refractivity contribution in [2.24, 2.45) is 0 Å². The molecule has 0 aliphatic heterocycles. The number of amides is 1. The minimum Gasteiger partial charge on any atom is -0.345 e. The molecule has 0 heterocycles. The van der Waals surface area contributed by atoms with Crippen LogP contribution in [0.25, 0.3) is 0 Å². The molecule has 0 atom stereocenters. The van der Waals surface area contributed by atoms with Gasteiger partial charge in [-0.15, -0.1) is 0 Å². The largest absolute Gasteiger partial charge is 0.345 e. The summed E-state index contributed by atoms with van der Waals surface area (Å²) in [6.45, 7) is 5.57. The van der Waals surface area contributed by atoms with Gasteiger partial charge in [0.25, 0.3) is 5.91 Å². The van der Waals surface area contributed by atoms with Gasteiger partial charge in [-0.05, 0) is 24.6 Å². The average Bonchev–Trinajstić information content (AvgIpc) is 2.18. The van der Waals surface area contributed by atoms with E-state index in [1.807, 2.05) is 13.8 Å². The Balaban J connectivity index is 0.00000106. The topological polar surface area (TPSA) is 20.3 Å². The van der Waals surface area contributed by atoms with Gasteiger partial charge in [0.15, 0.2) is 0 Å². The summed E-state index contributed by atoms with van der Waals surface area (Å²) in [6.07, 6.45) is 0. The van der Waals surface area contributed by atoms with Crippen LogP contribution in [0.4, 0.5) is 8.78 Å². The van der Waals surface area contributed by atoms with Crippen LogP contribution in [0, 0.1) is 18.6 Å². The van der Waals surface area contributed by atoms with Crippen molar-refractivity contribution in [2.45, 2.75) is 20.8 Å². The van der Waals surface area contributed by atoms with Crippen molar-refractivity contribution < 1.29 is 13.6 Å². The first kappa shape index (κ1) is 14.6. The lowest BCUT2D eigenvalue weighted by Crippen LogP contribution is -2.24. The highest BCUT2D eigenvalue weighted by atomic mass is 19.1. The zero-order chi connectivity index (χ0) is 12.9. The van der Waals surface area contributed by atoms with Gasteiger partial charge < -0.3 is 4.90 Å². The van der Waals surface area contributed by atoms with Gasteiger partial charge in [-0.25, -0.2) is 8.78 Å². The van der Waals surface area contributed by atoms with Crippen LogP contribution < -0.4 is 0 Å². The molecule has 4 heteroatoms. The van der Waals surface area contributed by atoms with Crippen molar-refractivity contribution in [1.82, 2.24) is 4.90 Å². The number of aryl methyl sites for hydroxylation is 1. The maximum atomic E-state index is 13.2. The van der Waals surface area contributed by atoms with Crippen molar-refractivity contribution in [3.05, 3.63) is 34.9 Å². The Kier molecular flexibility index (Phi) is 5.64. The molecule has 0 aromatic heterocycles. The van der Waals surface area contributed by atoms with E-state index in [-0.39, 0.29) is 0 Å². The Labute approximate surface area is 94.9 Å². The minimum atomic E-state index is -0.818. The molecule has 0 unspecified atom stereocenters. The molecule has 0 N–H and O–H groups in total. The Morgan fingerprint density at radius 1 is 1.12 bits per heavy atom. The van der Waals surface area contributed by atoms with Crippen LogP contribution in [-0.2, 0) is 0 Å². The second kappa shape index (κ2) is 6.20. The van der Waals surface area contributed by atoms with Crippen molar-refractivity contribution in [1.29, 1.82) is 0 Å². The van der Waals surface area contributed by atoms with Gasteiger partial charge in [-0.2, -0.15) is 0 Å². The second-order valence-electron chi connectivity index (χ2n) is 3.30. The number of hydrogen-bond acceptors (Lipinski definition) is 1. The van der Waals surface area contributed by atoms with Crippen molar-refractivity contribution in [3.8, 4) is 0 Å². The number of benzene rings is 1. The summed E-state index contributed by atoms with van der Waals surface area (Å²) >= 11 is 0. The number of nitrogens with zero attached hydrogens (tertiary/aromatic N) is 1. The first-order valence-electron chi connectivity index (χ1n) is 5.10. The maximum Gasteiger partial charge on any atom is 0.259 e. The van der Waals surface area contributed by atoms with Crippen LogP contribution >= 0.6 is 0 Å². The van der Waals surface area contributed by atoms with E-state index in [9.17, 15) is 13.6 Å². The maximum absolute atomic E-state index is 13.2. The molecule has 0 aliphatic rings. The summed E-state index contributed by atoms with van der Waals surface area (Å²) in [5.41, 5.74) is -0.0455. The normalized spacial score (nSPS) is 9.19. The van der Waals surface area contributed by atoms with E-state index in [2.05, 4.69) is 0 Å². The molecule has 90 valence electrons. The molecular formula is C12H17F2NO. The first-order valence-corrected chi connectivity index (χ1v) is 5.10. The van der Waals surface area contributed by atoms with Gasteiger partial charge in [0.1, 0.15) is 17.2 Å². The van der Waals surface area contributed by atoms with E-state index < -0.39 is 23.1 Å². The number of carbonyl (C=O) groups excluding carboxylic acids is 1. The Hall–Kier alpha value is -1.45. The van der Waals surface area contributed by atoms with Crippen LogP contribution in [0.2, 0.25) is 0 Å². The lowest BCUT2D eigenvalue weighted by molar-refractivity contribution is 0.0818. The lowest BCUT2D eigenvalue weighted by atomic mass is 10.1. The van der Waals surface area contributed by atoms with E-state index in [4.69, 9.17) is 0 Å². The van der Waals surface area contributed by atoms with Crippen LogP contribution in [0.3, 0.4) is 0 Å². The van der Waals surface area contributed by atoms with E-state index in [1.54, 1.807) is 6.92 Å². The smallest absolute Gasteiger partial charge is 0.259 e. The molecule has 0 aliphatic carbocycles. The van der Waals surface area contributed by atoms with Gasteiger partial charge in [0.05, 0.1) is 0 Å². The third-order valence-electron chi connectivity index (χ3n) is 1.81. The van der Waals surface area contributed by atoms with Crippen molar-refractivity contribution >= 4 is 5.91 Å². The molecule has 0 radical (unpaired) electrons. The van der Waals surface area contributed by atoms with Gasteiger partial charge in [-0.3, -0.25) is 4.79 Å². The molecule has 1 rings (SSSR count). The highest BCUT2D eigenvalue weighted by Crippen LogP contribution is 2.16. The summed E-state index contributed by atoms with van der Waals surface area (Å²) < 4.78 is 26.5. The van der Waals surface area contributed by atoms with Crippen molar-refractivity contribution in [2.75, 3.05) is 14.1 Å². The van der Waals surface area contributed by atoms with E-state index in [0.717, 1.165) is 17.0 Å². The number of carbonyl (C=O) groups is 1. The fourth-order valence-electron chi connectivity index (χ4n) is 1.13. The molecule has 0 fully saturated rings. The van der Waals surface area contributed by atoms with E-state index >= 15 is 0 Å². The Bertz CT molecular complexity index is 352. The zero-order valence-corrected chi connectivity index (χ0v) is 10.3. The predicted octanol–water partition coefficient (Wildman–Crippen LogP) is 3.00. The highest BCUT2D eigenvalue weighted by molar-refractivity contribution is 5.94. The molecule has 1 aromatic rings. The number of rotatable bonds is 1. The second-order valence-corrected chi connectivity index (χ2v) is 3.30. The molecule has 16 heavy (non-hydrogen) atoms. The monoisotopic (exact) mass is 229 g/mol. The van der Waals surface area contributed by atoms with E-state index in [0.29, 0.717) is 5.56 Å². The molecular weight excluding hydrogens is 212 g/mol. The van der Waals surface area contributed by atoms with Crippen LogP contribution in [0.1, 0.15) is 29.8 Å². The quantitative estimate of drug-likeness (QED) is 0.725. The fraction of sp³-hybridized carbons (Fsp3) is 0.417. The number of halogens is 2. The van der Waals surface area contributed by atoms with Gasteiger partial charge in [0, 0.05) is 14.1 Å². The molecule has 0 spiro atoms. The van der Waals surface area contributed by atoms with Gasteiger partial charge in [-0.1, -0.05) is 13.8 Å². The first-order chi connectivity index (χ1) is 7.43. The molecule has 1 amide bonds. The zero-order valence-electron chi connectivity index (χ0n) is 10.3. The third kappa shape index (κ3) is 3.29. The van der Waals surface area contributed by atoms with E-state index in [1.165, 1.54) is 14.1 Å². The number of hydrogen-bond donors (Lipinski definition) is 0. The predicted molar refractivity (Wildman–Crippen MR) is 60.5 cm³/mol. The van der Waals surface area contributed by atoms with Crippen LogP contribution in [0.15, 0.2) is 12.1 Å². The Morgan fingerprint density at radius 2 is 1.50 bits per heavy atom. The van der Waals surface area contributed by atoms with Crippen LogP contribution in [0.5, 0.6) is 0 Å². The fourth-order valence-corrected chi connectivity index (χ4v) is 1.13. The lowest BCUT2D eigenvalue weighted by Gasteiger charge is -2.11. The third-order valence-corrected chi connectivity index (χ3v) is 1.81. The molecule has 2 nitrogen and oxygen atoms in total. The summed E-state index contributed by atoms with van der Waals surface area (Å²) in [5, 5.41) is 0.